The molecule has 154 valence electrons. The van der Waals surface area contributed by atoms with E-state index in [9.17, 15) is 5.11 Å². The maximum atomic E-state index is 10.5. The lowest BCUT2D eigenvalue weighted by Gasteiger charge is -2.45. The van der Waals surface area contributed by atoms with E-state index in [1.165, 1.54) is 0 Å². The smallest absolute Gasteiger partial charge is 0.120 e. The Bertz CT molecular complexity index is 855. The number of nitrogens with zero attached hydrogens (tertiary/aromatic N) is 2. The molecule has 0 bridgehead atoms. The predicted octanol–water partition coefficient (Wildman–Crippen LogP) is 4.13. The molecule has 0 amide bonds. The molecular formula is C24H31N3O2. The fraction of sp³-hybridized carbons (Fsp3) is 0.458. The van der Waals surface area contributed by atoms with E-state index in [-0.39, 0.29) is 11.7 Å². The molecule has 5 heteroatoms. The Hall–Kier alpha value is -2.37. The van der Waals surface area contributed by atoms with Gasteiger partial charge >= 0.3 is 0 Å². The summed E-state index contributed by atoms with van der Waals surface area (Å²) < 4.78 is 5.60. The molecule has 2 heterocycles. The second-order valence-electron chi connectivity index (χ2n) is 7.94. The van der Waals surface area contributed by atoms with Crippen molar-refractivity contribution < 1.29 is 9.84 Å². The van der Waals surface area contributed by atoms with Crippen molar-refractivity contribution in [2.75, 3.05) is 26.2 Å². The molecule has 2 aromatic rings. The number of benzene rings is 2. The number of rotatable bonds is 5. The first-order chi connectivity index (χ1) is 14.1. The van der Waals surface area contributed by atoms with Gasteiger partial charge < -0.3 is 14.7 Å². The normalized spacial score (nSPS) is 21.7. The number of piperidine rings is 1. The van der Waals surface area contributed by atoms with Gasteiger partial charge in [0.1, 0.15) is 17.2 Å². The molecule has 1 spiro atoms. The third-order valence-electron chi connectivity index (χ3n) is 6.13. The molecule has 0 aliphatic carbocycles. The van der Waals surface area contributed by atoms with Gasteiger partial charge in [-0.2, -0.15) is 0 Å². The van der Waals surface area contributed by atoms with Gasteiger partial charge in [-0.05, 0) is 62.2 Å². The summed E-state index contributed by atoms with van der Waals surface area (Å²) in [5.41, 5.74) is 2.91. The Morgan fingerprint density at radius 2 is 1.83 bits per heavy atom. The molecule has 1 unspecified atom stereocenters. The lowest BCUT2D eigenvalue weighted by Crippen LogP contribution is -2.56. The van der Waals surface area contributed by atoms with Crippen LogP contribution >= 0.6 is 0 Å². The minimum Gasteiger partial charge on any atom is -0.508 e. The third kappa shape index (κ3) is 4.31. The van der Waals surface area contributed by atoms with E-state index >= 15 is 0 Å². The van der Waals surface area contributed by atoms with Gasteiger partial charge in [-0.3, -0.25) is 10.3 Å². The second-order valence-corrected chi connectivity index (χ2v) is 7.94. The highest BCUT2D eigenvalue weighted by Crippen LogP contribution is 2.37. The van der Waals surface area contributed by atoms with E-state index in [2.05, 4.69) is 29.3 Å². The lowest BCUT2D eigenvalue weighted by atomic mass is 9.87. The zero-order chi connectivity index (χ0) is 20.3. The van der Waals surface area contributed by atoms with Gasteiger partial charge in [-0.1, -0.05) is 25.1 Å². The Labute approximate surface area is 173 Å². The highest BCUT2D eigenvalue weighted by atomic mass is 16.5. The summed E-state index contributed by atoms with van der Waals surface area (Å²) in [6.45, 7) is 8.03. The molecule has 0 aromatic heterocycles. The van der Waals surface area contributed by atoms with Gasteiger partial charge in [0.15, 0.2) is 0 Å². The molecule has 0 saturated carbocycles. The van der Waals surface area contributed by atoms with Crippen LogP contribution in [0.25, 0.3) is 0 Å². The number of hydrogen-bond donors (Lipinski definition) is 2. The number of para-hydroxylation sites is 1. The zero-order valence-electron chi connectivity index (χ0n) is 17.4. The average Bonchev–Trinajstić information content (AvgIpc) is 2.75. The largest absolute Gasteiger partial charge is 0.508 e. The molecule has 1 saturated heterocycles. The van der Waals surface area contributed by atoms with Crippen LogP contribution in [0.5, 0.6) is 11.5 Å². The summed E-state index contributed by atoms with van der Waals surface area (Å²) in [5, 5.41) is 14.3. The van der Waals surface area contributed by atoms with Gasteiger partial charge in [0.2, 0.25) is 0 Å². The van der Waals surface area contributed by atoms with Crippen molar-refractivity contribution in [3.63, 3.8) is 0 Å². The molecular weight excluding hydrogens is 362 g/mol. The highest BCUT2D eigenvalue weighted by Gasteiger charge is 2.40. The summed E-state index contributed by atoms with van der Waals surface area (Å²) in [4.78, 5) is 7.72. The van der Waals surface area contributed by atoms with E-state index in [1.807, 2.05) is 37.3 Å². The number of aliphatic imine (C=N–C) groups is 1. The Kier molecular flexibility index (Phi) is 5.88. The second kappa shape index (κ2) is 8.56. The molecule has 2 aliphatic heterocycles. The van der Waals surface area contributed by atoms with Gasteiger partial charge in [0.05, 0.1) is 6.61 Å². The summed E-state index contributed by atoms with van der Waals surface area (Å²) in [5.74, 6) is 1.23. The van der Waals surface area contributed by atoms with Crippen LogP contribution in [0.1, 0.15) is 50.3 Å². The maximum absolute atomic E-state index is 10.5. The Morgan fingerprint density at radius 3 is 2.48 bits per heavy atom. The fourth-order valence-corrected chi connectivity index (χ4v) is 4.46. The van der Waals surface area contributed by atoms with Crippen LogP contribution in [-0.4, -0.2) is 47.6 Å². The van der Waals surface area contributed by atoms with Crippen LogP contribution in [0.2, 0.25) is 0 Å². The maximum Gasteiger partial charge on any atom is 0.120 e. The number of aromatic hydroxyl groups is 1. The summed E-state index contributed by atoms with van der Waals surface area (Å²) in [6.07, 6.45) is 2.71. The van der Waals surface area contributed by atoms with Crippen LogP contribution in [0, 0.1) is 0 Å². The Morgan fingerprint density at radius 1 is 1.10 bits per heavy atom. The topological polar surface area (TPSA) is 57.1 Å². The van der Waals surface area contributed by atoms with Gasteiger partial charge in [-0.25, -0.2) is 0 Å². The minimum absolute atomic E-state index is 0.0449. The number of phenols is 1. The molecule has 29 heavy (non-hydrogen) atoms. The van der Waals surface area contributed by atoms with Crippen molar-refractivity contribution in [3.05, 3.63) is 59.7 Å². The van der Waals surface area contributed by atoms with Crippen molar-refractivity contribution in [1.82, 2.24) is 10.2 Å². The number of likely N-dealkylation sites (tertiary alicyclic amines) is 1. The first-order valence-corrected chi connectivity index (χ1v) is 10.7. The fourth-order valence-electron chi connectivity index (χ4n) is 4.46. The first-order valence-electron chi connectivity index (χ1n) is 10.7. The standard InChI is InChI=1S/C24H31N3O2/c1-3-27-15-13-24(14-16-27)25-21(18-9-11-19(12-10-18)29-4-2)17-22(26-24)20-7-5-6-8-23(20)28/h5-12,22,26,28H,3-4,13-17H2,1-2H3. The molecule has 2 aliphatic rings. The quantitative estimate of drug-likeness (QED) is 0.802. The van der Waals surface area contributed by atoms with Crippen LogP contribution in [-0.2, 0) is 0 Å². The summed E-state index contributed by atoms with van der Waals surface area (Å²) >= 11 is 0. The monoisotopic (exact) mass is 393 g/mol. The first kappa shape index (κ1) is 19.9. The van der Waals surface area contributed by atoms with E-state index < -0.39 is 0 Å². The zero-order valence-corrected chi connectivity index (χ0v) is 17.4. The Balaban J connectivity index is 1.67. The number of ether oxygens (including phenoxy) is 1. The SMILES string of the molecule is CCOc1ccc(C2=NC3(CCN(CC)CC3)NC(c3ccccc3O)C2)cc1. The number of hydrogen-bond acceptors (Lipinski definition) is 5. The lowest BCUT2D eigenvalue weighted by molar-refractivity contribution is 0.129. The van der Waals surface area contributed by atoms with E-state index in [0.717, 1.165) is 61.5 Å². The molecule has 1 fully saturated rings. The highest BCUT2D eigenvalue weighted by molar-refractivity contribution is 6.01. The van der Waals surface area contributed by atoms with Crippen LogP contribution in [0.3, 0.4) is 0 Å². The minimum atomic E-state index is -0.273. The molecule has 2 aromatic carbocycles. The van der Waals surface area contributed by atoms with E-state index in [1.54, 1.807) is 6.07 Å². The van der Waals surface area contributed by atoms with Crippen molar-refractivity contribution in [2.45, 2.75) is 44.8 Å². The number of phenolic OH excluding ortho intramolecular Hbond substituents is 1. The van der Waals surface area contributed by atoms with Crippen molar-refractivity contribution in [1.29, 1.82) is 0 Å². The van der Waals surface area contributed by atoms with Crippen molar-refractivity contribution in [2.24, 2.45) is 4.99 Å². The summed E-state index contributed by atoms with van der Waals surface area (Å²) in [6, 6.07) is 15.9. The van der Waals surface area contributed by atoms with Gasteiger partial charge in [-0.15, -0.1) is 0 Å². The molecule has 0 radical (unpaired) electrons. The number of nitrogens with one attached hydrogen (secondary N) is 1. The predicted molar refractivity (Wildman–Crippen MR) is 117 cm³/mol. The third-order valence-corrected chi connectivity index (χ3v) is 6.13. The van der Waals surface area contributed by atoms with E-state index in [4.69, 9.17) is 9.73 Å². The van der Waals surface area contributed by atoms with E-state index in [0.29, 0.717) is 12.4 Å². The van der Waals surface area contributed by atoms with Crippen LogP contribution in [0.4, 0.5) is 0 Å². The molecule has 1 atom stereocenters. The molecule has 5 nitrogen and oxygen atoms in total. The molecule has 2 N–H and O–H groups in total. The summed E-state index contributed by atoms with van der Waals surface area (Å²) in [7, 11) is 0. The molecule has 4 rings (SSSR count). The van der Waals surface area contributed by atoms with Crippen LogP contribution < -0.4 is 10.1 Å². The van der Waals surface area contributed by atoms with Crippen molar-refractivity contribution in [3.8, 4) is 11.5 Å². The van der Waals surface area contributed by atoms with Crippen LogP contribution in [0.15, 0.2) is 53.5 Å². The van der Waals surface area contributed by atoms with Crippen molar-refractivity contribution >= 4 is 5.71 Å². The van der Waals surface area contributed by atoms with Gasteiger partial charge in [0, 0.05) is 36.8 Å². The average molecular weight is 394 g/mol. The van der Waals surface area contributed by atoms with Gasteiger partial charge in [0.25, 0.3) is 0 Å².